The van der Waals surface area contributed by atoms with Gasteiger partial charge < -0.3 is 19.5 Å². The van der Waals surface area contributed by atoms with Crippen molar-refractivity contribution in [3.63, 3.8) is 0 Å². The summed E-state index contributed by atoms with van der Waals surface area (Å²) in [4.78, 5) is 25.5. The fourth-order valence-electron chi connectivity index (χ4n) is 5.35. The topological polar surface area (TPSA) is 217 Å². The minimum Gasteiger partial charge on any atom is -0.461 e. The molecule has 294 valence electrons. The van der Waals surface area contributed by atoms with Gasteiger partial charge in [0.25, 0.3) is 0 Å². The normalized spacial score (nSPS) is 11.9. The second kappa shape index (κ2) is 17.3. The maximum Gasteiger partial charge on any atom is 0.243 e. The summed E-state index contributed by atoms with van der Waals surface area (Å²) in [6.07, 6.45) is 2.66. The van der Waals surface area contributed by atoms with Crippen LogP contribution in [0, 0.1) is 0 Å². The molecule has 0 fully saturated rings. The monoisotopic (exact) mass is 839 g/mol. The Morgan fingerprint density at radius 1 is 0.714 bits per heavy atom. The number of hydrogen-bond acceptors (Lipinski definition) is 14. The van der Waals surface area contributed by atoms with Crippen molar-refractivity contribution in [2.75, 3.05) is 35.4 Å². The summed E-state index contributed by atoms with van der Waals surface area (Å²) in [5, 5.41) is 23.4. The third-order valence-corrected chi connectivity index (χ3v) is 13.0. The van der Waals surface area contributed by atoms with Crippen LogP contribution in [0.1, 0.15) is 19.6 Å². The van der Waals surface area contributed by atoms with Crippen LogP contribution < -0.4 is 10.6 Å². The highest BCUT2D eigenvalue weighted by Crippen LogP contribution is 2.28. The predicted molar refractivity (Wildman–Crippen MR) is 210 cm³/mol. The minimum atomic E-state index is -3.93. The van der Waals surface area contributed by atoms with Crippen molar-refractivity contribution < 1.29 is 35.3 Å². The maximum absolute atomic E-state index is 13.4. The highest BCUT2D eigenvalue weighted by Gasteiger charge is 2.24. The molecule has 0 spiro atoms. The molecule has 0 radical (unpaired) electrons. The molecule has 0 aliphatic rings. The van der Waals surface area contributed by atoms with Crippen molar-refractivity contribution in [2.45, 2.75) is 53.6 Å². The lowest BCUT2D eigenvalue weighted by molar-refractivity contribution is -0.114. The molecule has 56 heavy (non-hydrogen) atoms. The van der Waals surface area contributed by atoms with Crippen LogP contribution in [0.3, 0.4) is 0 Å². The molecule has 21 heteroatoms. The highest BCUT2D eigenvalue weighted by atomic mass is 32.2. The molecule has 0 atom stereocenters. The van der Waals surface area contributed by atoms with Crippen molar-refractivity contribution in [3.8, 4) is 23.2 Å². The zero-order valence-electron chi connectivity index (χ0n) is 30.6. The summed E-state index contributed by atoms with van der Waals surface area (Å²) >= 11 is 2.39. The van der Waals surface area contributed by atoms with Gasteiger partial charge in [-0.3, -0.25) is 18.7 Å². The van der Waals surface area contributed by atoms with Gasteiger partial charge in [-0.1, -0.05) is 23.5 Å². The van der Waals surface area contributed by atoms with Crippen molar-refractivity contribution >= 4 is 66.6 Å². The number of carbonyl (C=O) groups excluding carboxylic acids is 2. The van der Waals surface area contributed by atoms with E-state index in [9.17, 15) is 26.4 Å². The number of furan rings is 2. The van der Waals surface area contributed by atoms with Gasteiger partial charge >= 0.3 is 0 Å². The fraction of sp³-hybridized carbons (Fsp3) is 0.257. The number of anilines is 2. The molecule has 0 saturated carbocycles. The molecule has 0 saturated heterocycles. The Morgan fingerprint density at radius 2 is 1.23 bits per heavy atom. The molecule has 17 nitrogen and oxygen atoms in total. The molecular formula is C35H37N9O8S4. The molecule has 4 heterocycles. The number of thioether (sulfide) groups is 2. The number of nitrogens with one attached hydrogen (secondary N) is 2. The Morgan fingerprint density at radius 3 is 1.71 bits per heavy atom. The second-order valence-electron chi connectivity index (χ2n) is 12.1. The molecule has 0 aliphatic heterocycles. The quantitative estimate of drug-likeness (QED) is 0.114. The molecule has 6 aromatic rings. The molecule has 0 bridgehead atoms. The van der Waals surface area contributed by atoms with Gasteiger partial charge in [0.1, 0.15) is 5.76 Å². The number of carbonyl (C=O) groups is 2. The molecular weight excluding hydrogens is 803 g/mol. The van der Waals surface area contributed by atoms with Crippen molar-refractivity contribution in [1.29, 1.82) is 0 Å². The van der Waals surface area contributed by atoms with Gasteiger partial charge in [0.15, 0.2) is 43.3 Å². The molecule has 2 amide bonds. The Hall–Kier alpha value is -5.22. The summed E-state index contributed by atoms with van der Waals surface area (Å²) < 4.78 is 66.5. The summed E-state index contributed by atoms with van der Waals surface area (Å²) in [6.45, 7) is 4.81. The first-order valence-electron chi connectivity index (χ1n) is 17.0. The van der Waals surface area contributed by atoms with Crippen LogP contribution in [0.5, 0.6) is 0 Å². The summed E-state index contributed by atoms with van der Waals surface area (Å²) in [5.74, 6) is 1.75. The Balaban J connectivity index is 1.01. The standard InChI is InChI=1S/C35H37N9O8S4/c1-5-43-32(28-8-7-19-51-28)38-40-34(43)53-21-31(46)37-24-11-16-27(17-12-24)56(49,50)42(3)20-25-13-18-29(52-25)33-39-41-35(44(33)6-2)54-22-30(45)36-23-9-14-26(15-10-23)55(4,47)48/h7-19H,5-6,20-22H2,1-4H3,(H,36,45)(H,37,46). The third kappa shape index (κ3) is 9.41. The largest absolute Gasteiger partial charge is 0.461 e. The first-order valence-corrected chi connectivity index (χ1v) is 22.3. The van der Waals surface area contributed by atoms with Crippen molar-refractivity contribution in [1.82, 2.24) is 33.8 Å². The number of amides is 2. The highest BCUT2D eigenvalue weighted by molar-refractivity contribution is 8.00. The third-order valence-electron chi connectivity index (χ3n) is 8.15. The molecule has 2 aromatic carbocycles. The van der Waals surface area contributed by atoms with E-state index < -0.39 is 19.9 Å². The van der Waals surface area contributed by atoms with Crippen LogP contribution in [-0.2, 0) is 49.1 Å². The van der Waals surface area contributed by atoms with E-state index in [2.05, 4.69) is 31.0 Å². The first kappa shape index (κ1) is 40.4. The molecule has 0 unspecified atom stereocenters. The van der Waals surface area contributed by atoms with E-state index in [1.807, 2.05) is 18.4 Å². The van der Waals surface area contributed by atoms with E-state index in [0.717, 1.165) is 10.6 Å². The average molecular weight is 840 g/mol. The minimum absolute atomic E-state index is 0.0166. The van der Waals surface area contributed by atoms with Crippen LogP contribution in [0.4, 0.5) is 11.4 Å². The summed E-state index contributed by atoms with van der Waals surface area (Å²) in [7, 11) is -5.85. The molecule has 4 aromatic heterocycles. The lowest BCUT2D eigenvalue weighted by atomic mass is 10.3. The number of sulfonamides is 1. The smallest absolute Gasteiger partial charge is 0.243 e. The van der Waals surface area contributed by atoms with E-state index in [0.29, 0.717) is 63.7 Å². The number of aromatic nitrogens is 6. The number of sulfone groups is 1. The molecule has 2 N–H and O–H groups in total. The number of nitrogens with zero attached hydrogens (tertiary/aromatic N) is 7. The van der Waals surface area contributed by atoms with Crippen LogP contribution in [0.25, 0.3) is 23.2 Å². The molecule has 0 aliphatic carbocycles. The summed E-state index contributed by atoms with van der Waals surface area (Å²) in [6, 6.07) is 18.6. The Kier molecular flexibility index (Phi) is 12.5. The van der Waals surface area contributed by atoms with Gasteiger partial charge in [-0.2, -0.15) is 4.31 Å². The lowest BCUT2D eigenvalue weighted by Gasteiger charge is -2.16. The number of rotatable bonds is 17. The van der Waals surface area contributed by atoms with Crippen LogP contribution in [0.15, 0.2) is 108 Å². The van der Waals surface area contributed by atoms with Gasteiger partial charge in [0.2, 0.25) is 21.8 Å². The van der Waals surface area contributed by atoms with Crippen LogP contribution in [-0.4, -0.2) is 87.3 Å². The van der Waals surface area contributed by atoms with Crippen molar-refractivity contribution in [3.05, 3.63) is 84.8 Å². The van der Waals surface area contributed by atoms with E-state index in [1.54, 1.807) is 35.1 Å². The van der Waals surface area contributed by atoms with Crippen LogP contribution in [0.2, 0.25) is 0 Å². The fourth-order valence-corrected chi connectivity index (χ4v) is 8.72. The zero-order chi connectivity index (χ0) is 40.0. The number of hydrogen-bond donors (Lipinski definition) is 2. The Bertz CT molecular complexity index is 2530. The van der Waals surface area contributed by atoms with E-state index in [1.165, 1.54) is 79.1 Å². The van der Waals surface area contributed by atoms with E-state index in [4.69, 9.17) is 8.83 Å². The first-order chi connectivity index (χ1) is 26.8. The van der Waals surface area contributed by atoms with Gasteiger partial charge in [-0.05, 0) is 86.6 Å². The van der Waals surface area contributed by atoms with Gasteiger partial charge in [-0.15, -0.1) is 20.4 Å². The van der Waals surface area contributed by atoms with E-state index in [-0.39, 0.29) is 39.7 Å². The predicted octanol–water partition coefficient (Wildman–Crippen LogP) is 5.12. The number of benzene rings is 2. The zero-order valence-corrected chi connectivity index (χ0v) is 33.8. The lowest BCUT2D eigenvalue weighted by Crippen LogP contribution is -2.26. The van der Waals surface area contributed by atoms with Gasteiger partial charge in [0.05, 0.1) is 34.1 Å². The van der Waals surface area contributed by atoms with Crippen molar-refractivity contribution in [2.24, 2.45) is 0 Å². The van der Waals surface area contributed by atoms with E-state index >= 15 is 0 Å². The van der Waals surface area contributed by atoms with Gasteiger partial charge in [-0.25, -0.2) is 16.8 Å². The average Bonchev–Trinajstić information content (AvgIpc) is 4.00. The second-order valence-corrected chi connectivity index (χ2v) is 18.0. The van der Waals surface area contributed by atoms with Crippen LogP contribution >= 0.6 is 23.5 Å². The SMILES string of the molecule is CCn1c(SCC(=O)Nc2ccc(S(=O)(=O)N(C)Cc3ccc(-c4nnc(SCC(=O)Nc5ccc(S(C)(=O)=O)cc5)n4CC)o3)cc2)nnc1-c1ccco1. The summed E-state index contributed by atoms with van der Waals surface area (Å²) in [5.41, 5.74) is 0.888. The maximum atomic E-state index is 13.4. The molecule has 6 rings (SSSR count). The van der Waals surface area contributed by atoms with Gasteiger partial charge in [0, 0.05) is 37.8 Å². The Labute approximate surface area is 331 Å².